The van der Waals surface area contributed by atoms with E-state index in [4.69, 9.17) is 0 Å². The fraction of sp³-hybridized carbons (Fsp3) is 0.562. The van der Waals surface area contributed by atoms with Gasteiger partial charge in [0, 0.05) is 30.1 Å². The van der Waals surface area contributed by atoms with E-state index in [1.165, 1.54) is 18.2 Å². The summed E-state index contributed by atoms with van der Waals surface area (Å²) in [5.41, 5.74) is 0.189. The molecular formula is C16H24F2IN3. The molecule has 0 radical (unpaired) electrons. The standard InChI is InChI=1S/C16H23F2N3.HI/c1-4-10(3)20-16(19-5-2)21-14-9-11(14)15-12(17)7-6-8-13(15)18;/h6-8,10-11,14H,4-5,9H2,1-3H3,(H2,19,20,21);1H. The zero-order valence-electron chi connectivity index (χ0n) is 13.2. The lowest BCUT2D eigenvalue weighted by Gasteiger charge is -2.17. The number of halogens is 3. The molecule has 0 spiro atoms. The Kier molecular flexibility index (Phi) is 7.52. The largest absolute Gasteiger partial charge is 0.354 e. The predicted molar refractivity (Wildman–Crippen MR) is 96.9 cm³/mol. The van der Waals surface area contributed by atoms with Crippen molar-refractivity contribution >= 4 is 29.9 Å². The van der Waals surface area contributed by atoms with Gasteiger partial charge in [-0.05, 0) is 38.8 Å². The zero-order chi connectivity index (χ0) is 15.4. The Hall–Kier alpha value is -0.920. The highest BCUT2D eigenvalue weighted by Gasteiger charge is 2.42. The third kappa shape index (κ3) is 4.79. The van der Waals surface area contributed by atoms with Crippen molar-refractivity contribution in [1.29, 1.82) is 0 Å². The predicted octanol–water partition coefficient (Wildman–Crippen LogP) is 3.79. The molecule has 0 amide bonds. The monoisotopic (exact) mass is 423 g/mol. The molecule has 1 aromatic carbocycles. The lowest BCUT2D eigenvalue weighted by molar-refractivity contribution is 0.552. The van der Waals surface area contributed by atoms with Gasteiger partial charge in [-0.1, -0.05) is 13.0 Å². The van der Waals surface area contributed by atoms with E-state index in [1.807, 2.05) is 6.92 Å². The van der Waals surface area contributed by atoms with E-state index in [2.05, 4.69) is 29.5 Å². The number of aliphatic imine (C=N–C) groups is 1. The van der Waals surface area contributed by atoms with Gasteiger partial charge < -0.3 is 10.6 Å². The number of hydrogen-bond donors (Lipinski definition) is 2. The first-order valence-electron chi connectivity index (χ1n) is 7.58. The summed E-state index contributed by atoms with van der Waals surface area (Å²) in [4.78, 5) is 4.37. The molecule has 3 atom stereocenters. The minimum atomic E-state index is -0.465. The summed E-state index contributed by atoms with van der Waals surface area (Å²) in [5, 5.41) is 6.56. The van der Waals surface area contributed by atoms with Gasteiger partial charge in [-0.2, -0.15) is 0 Å². The van der Waals surface area contributed by atoms with E-state index in [1.54, 1.807) is 0 Å². The highest BCUT2D eigenvalue weighted by atomic mass is 127. The van der Waals surface area contributed by atoms with Gasteiger partial charge in [0.05, 0.1) is 0 Å². The van der Waals surface area contributed by atoms with Gasteiger partial charge in [-0.3, -0.25) is 4.99 Å². The summed E-state index contributed by atoms with van der Waals surface area (Å²) in [6.45, 7) is 6.79. The van der Waals surface area contributed by atoms with E-state index in [9.17, 15) is 8.78 Å². The maximum Gasteiger partial charge on any atom is 0.191 e. The van der Waals surface area contributed by atoms with Crippen LogP contribution in [0.3, 0.4) is 0 Å². The van der Waals surface area contributed by atoms with Crippen LogP contribution in [-0.2, 0) is 0 Å². The van der Waals surface area contributed by atoms with Crippen molar-refractivity contribution in [2.45, 2.75) is 51.6 Å². The molecule has 22 heavy (non-hydrogen) atoms. The number of nitrogens with one attached hydrogen (secondary N) is 2. The third-order valence-electron chi connectivity index (χ3n) is 3.79. The van der Waals surface area contributed by atoms with Crippen molar-refractivity contribution in [2.75, 3.05) is 6.54 Å². The van der Waals surface area contributed by atoms with Crippen LogP contribution in [0, 0.1) is 11.6 Å². The van der Waals surface area contributed by atoms with Crippen molar-refractivity contribution < 1.29 is 8.78 Å². The fourth-order valence-electron chi connectivity index (χ4n) is 2.34. The second-order valence-corrected chi connectivity index (χ2v) is 5.50. The Labute approximate surface area is 148 Å². The van der Waals surface area contributed by atoms with Crippen molar-refractivity contribution in [3.63, 3.8) is 0 Å². The van der Waals surface area contributed by atoms with Crippen molar-refractivity contribution in [2.24, 2.45) is 4.99 Å². The van der Waals surface area contributed by atoms with Crippen LogP contribution < -0.4 is 10.6 Å². The average Bonchev–Trinajstić information content (AvgIpc) is 3.17. The van der Waals surface area contributed by atoms with E-state index in [0.29, 0.717) is 12.6 Å². The van der Waals surface area contributed by atoms with Crippen molar-refractivity contribution in [3.05, 3.63) is 35.4 Å². The third-order valence-corrected chi connectivity index (χ3v) is 3.79. The number of rotatable bonds is 5. The van der Waals surface area contributed by atoms with Crippen LogP contribution >= 0.6 is 24.0 Å². The molecule has 2 N–H and O–H groups in total. The van der Waals surface area contributed by atoms with E-state index in [0.717, 1.165) is 18.8 Å². The molecule has 2 rings (SSSR count). The molecular weight excluding hydrogens is 399 g/mol. The highest BCUT2D eigenvalue weighted by molar-refractivity contribution is 14.0. The number of hydrogen-bond acceptors (Lipinski definition) is 1. The summed E-state index contributed by atoms with van der Waals surface area (Å²) >= 11 is 0. The smallest absolute Gasteiger partial charge is 0.191 e. The van der Waals surface area contributed by atoms with Gasteiger partial charge in [-0.15, -0.1) is 24.0 Å². The van der Waals surface area contributed by atoms with Gasteiger partial charge in [0.1, 0.15) is 11.6 Å². The van der Waals surface area contributed by atoms with Crippen LogP contribution in [0.2, 0.25) is 0 Å². The molecule has 3 unspecified atom stereocenters. The van der Waals surface area contributed by atoms with Crippen LogP contribution in [0.5, 0.6) is 0 Å². The normalized spacial score (nSPS) is 21.8. The van der Waals surface area contributed by atoms with Crippen LogP contribution in [0.25, 0.3) is 0 Å². The van der Waals surface area contributed by atoms with E-state index < -0.39 is 11.6 Å². The Morgan fingerprint density at radius 3 is 2.50 bits per heavy atom. The van der Waals surface area contributed by atoms with Crippen LogP contribution in [0.15, 0.2) is 23.2 Å². The molecule has 0 saturated heterocycles. The molecule has 1 aromatic rings. The SMILES string of the molecule is CCN=C(NC(C)CC)NC1CC1c1c(F)cccc1F.I. The molecule has 1 saturated carbocycles. The molecule has 0 bridgehead atoms. The lowest BCUT2D eigenvalue weighted by atomic mass is 10.1. The van der Waals surface area contributed by atoms with Crippen LogP contribution in [0.1, 0.15) is 45.1 Å². The molecule has 1 fully saturated rings. The number of benzene rings is 1. The van der Waals surface area contributed by atoms with Gasteiger partial charge in [0.15, 0.2) is 5.96 Å². The van der Waals surface area contributed by atoms with Crippen LogP contribution in [0.4, 0.5) is 8.78 Å². The Morgan fingerprint density at radius 1 is 1.32 bits per heavy atom. The van der Waals surface area contributed by atoms with Gasteiger partial charge >= 0.3 is 0 Å². The first kappa shape index (κ1) is 19.1. The molecule has 124 valence electrons. The molecule has 3 nitrogen and oxygen atoms in total. The zero-order valence-corrected chi connectivity index (χ0v) is 15.5. The molecule has 1 aliphatic rings. The summed E-state index contributed by atoms with van der Waals surface area (Å²) in [6, 6.07) is 4.37. The first-order chi connectivity index (χ1) is 10.1. The maximum atomic E-state index is 13.8. The first-order valence-corrected chi connectivity index (χ1v) is 7.58. The lowest BCUT2D eigenvalue weighted by Crippen LogP contribution is -2.43. The average molecular weight is 423 g/mol. The summed E-state index contributed by atoms with van der Waals surface area (Å²) in [5.74, 6) is -0.329. The van der Waals surface area contributed by atoms with Crippen molar-refractivity contribution in [1.82, 2.24) is 10.6 Å². The van der Waals surface area contributed by atoms with E-state index in [-0.39, 0.29) is 41.5 Å². The minimum Gasteiger partial charge on any atom is -0.354 e. The van der Waals surface area contributed by atoms with E-state index >= 15 is 0 Å². The Balaban J connectivity index is 0.00000242. The molecule has 6 heteroatoms. The molecule has 0 aromatic heterocycles. The molecule has 0 heterocycles. The topological polar surface area (TPSA) is 36.4 Å². The number of guanidine groups is 1. The van der Waals surface area contributed by atoms with Gasteiger partial charge in [0.2, 0.25) is 0 Å². The molecule has 1 aliphatic carbocycles. The second-order valence-electron chi connectivity index (χ2n) is 5.50. The minimum absolute atomic E-state index is 0. The van der Waals surface area contributed by atoms with Crippen molar-refractivity contribution in [3.8, 4) is 0 Å². The number of nitrogens with zero attached hydrogens (tertiary/aromatic N) is 1. The highest BCUT2D eigenvalue weighted by Crippen LogP contribution is 2.43. The molecule has 0 aliphatic heterocycles. The fourth-order valence-corrected chi connectivity index (χ4v) is 2.34. The van der Waals surface area contributed by atoms with Gasteiger partial charge in [0.25, 0.3) is 0 Å². The quantitative estimate of drug-likeness (QED) is 0.430. The summed E-state index contributed by atoms with van der Waals surface area (Å²) in [7, 11) is 0. The summed E-state index contributed by atoms with van der Waals surface area (Å²) < 4.78 is 27.5. The Bertz CT molecular complexity index is 502. The Morgan fingerprint density at radius 2 is 1.95 bits per heavy atom. The second kappa shape index (κ2) is 8.64. The van der Waals surface area contributed by atoms with Crippen LogP contribution in [-0.4, -0.2) is 24.6 Å². The summed E-state index contributed by atoms with van der Waals surface area (Å²) in [6.07, 6.45) is 1.71. The van der Waals surface area contributed by atoms with Gasteiger partial charge in [-0.25, -0.2) is 8.78 Å². The maximum absolute atomic E-state index is 13.8.